The van der Waals surface area contributed by atoms with Crippen LogP contribution in [0.2, 0.25) is 0 Å². The standard InChI is InChI=1S/C21H22OS.C3H8.C2H6/c1-16-4-10-19(11-5-16)23(22,20-12-6-17(2)7-13-20)21-14-8-18(3)9-15-21;1-3-2;1-2/h4-15,22H,1-3H3;3H2,1-2H3;1-2H3. The minimum Gasteiger partial charge on any atom is -0.338 e. The Morgan fingerprint density at radius 1 is 0.536 bits per heavy atom. The molecule has 0 heterocycles. The van der Waals surface area contributed by atoms with E-state index in [1.54, 1.807) is 0 Å². The first kappa shape index (κ1) is 24.0. The normalized spacial score (nSPS) is 10.9. The van der Waals surface area contributed by atoms with Crippen LogP contribution < -0.4 is 0 Å². The smallest absolute Gasteiger partial charge is 0.0213 e. The van der Waals surface area contributed by atoms with Gasteiger partial charge in [0.1, 0.15) is 0 Å². The van der Waals surface area contributed by atoms with E-state index in [1.807, 2.05) is 50.2 Å². The Morgan fingerprint density at radius 2 is 0.714 bits per heavy atom. The van der Waals surface area contributed by atoms with Gasteiger partial charge in [-0.25, -0.2) is 0 Å². The summed E-state index contributed by atoms with van der Waals surface area (Å²) in [5, 5.41) is 0. The summed E-state index contributed by atoms with van der Waals surface area (Å²) in [6.45, 7) is 14.4. The number of hydrogen-bond acceptors (Lipinski definition) is 1. The Hall–Kier alpha value is -2.03. The van der Waals surface area contributed by atoms with E-state index in [-0.39, 0.29) is 0 Å². The van der Waals surface area contributed by atoms with Gasteiger partial charge in [-0.1, -0.05) is 97.5 Å². The zero-order valence-electron chi connectivity index (χ0n) is 18.5. The Balaban J connectivity index is 0.000000717. The van der Waals surface area contributed by atoms with Crippen LogP contribution in [0, 0.1) is 20.8 Å². The van der Waals surface area contributed by atoms with Crippen LogP contribution in [0.1, 0.15) is 50.8 Å². The predicted octanol–water partition coefficient (Wildman–Crippen LogP) is 8.81. The maximum atomic E-state index is 11.8. The summed E-state index contributed by atoms with van der Waals surface area (Å²) in [7, 11) is -2.23. The molecular weight excluding hydrogens is 360 g/mol. The second kappa shape index (κ2) is 11.7. The monoisotopic (exact) mass is 396 g/mol. The molecule has 2 heteroatoms. The van der Waals surface area contributed by atoms with Gasteiger partial charge in [-0.15, -0.1) is 0 Å². The topological polar surface area (TPSA) is 20.2 Å². The lowest BCUT2D eigenvalue weighted by Crippen LogP contribution is -2.02. The molecule has 3 aromatic carbocycles. The van der Waals surface area contributed by atoms with Crippen molar-refractivity contribution < 1.29 is 4.55 Å². The third-order valence-electron chi connectivity index (χ3n) is 4.09. The van der Waals surface area contributed by atoms with Crippen molar-refractivity contribution in [3.63, 3.8) is 0 Å². The van der Waals surface area contributed by atoms with Crippen LogP contribution in [0.5, 0.6) is 0 Å². The molecule has 1 N–H and O–H groups in total. The highest BCUT2D eigenvalue weighted by molar-refractivity contribution is 8.29. The zero-order chi connectivity index (χ0) is 21.2. The maximum absolute atomic E-state index is 11.8. The van der Waals surface area contributed by atoms with E-state index < -0.39 is 10.3 Å². The van der Waals surface area contributed by atoms with E-state index in [2.05, 4.69) is 71.0 Å². The van der Waals surface area contributed by atoms with E-state index in [0.29, 0.717) is 0 Å². The SMILES string of the molecule is CC.CCC.Cc1ccc(S(O)(c2ccc(C)cc2)c2ccc(C)cc2)cc1. The summed E-state index contributed by atoms with van der Waals surface area (Å²) in [5.74, 6) is 0. The molecule has 0 saturated carbocycles. The van der Waals surface area contributed by atoms with Crippen LogP contribution >= 0.6 is 10.3 Å². The Morgan fingerprint density at radius 3 is 0.893 bits per heavy atom. The van der Waals surface area contributed by atoms with Gasteiger partial charge in [0, 0.05) is 14.7 Å². The van der Waals surface area contributed by atoms with E-state index in [0.717, 1.165) is 14.7 Å². The van der Waals surface area contributed by atoms with Gasteiger partial charge in [0.05, 0.1) is 0 Å². The quantitative estimate of drug-likeness (QED) is 0.469. The third-order valence-corrected chi connectivity index (χ3v) is 6.95. The van der Waals surface area contributed by atoms with E-state index in [9.17, 15) is 4.55 Å². The molecule has 3 aromatic rings. The molecule has 0 radical (unpaired) electrons. The lowest BCUT2D eigenvalue weighted by atomic mass is 10.2. The number of rotatable bonds is 3. The minimum atomic E-state index is -2.23. The van der Waals surface area contributed by atoms with E-state index >= 15 is 0 Å². The number of benzene rings is 3. The molecule has 0 fully saturated rings. The second-order valence-electron chi connectivity index (χ2n) is 6.73. The average Bonchev–Trinajstić information content (AvgIpc) is 2.71. The molecule has 0 aliphatic carbocycles. The Bertz CT molecular complexity index is 692. The van der Waals surface area contributed by atoms with Gasteiger partial charge < -0.3 is 4.55 Å². The third kappa shape index (κ3) is 5.98. The van der Waals surface area contributed by atoms with Crippen LogP contribution in [0.3, 0.4) is 0 Å². The van der Waals surface area contributed by atoms with E-state index in [1.165, 1.54) is 23.1 Å². The Kier molecular flexibility index (Phi) is 10.1. The molecule has 0 bridgehead atoms. The van der Waals surface area contributed by atoms with Gasteiger partial charge in [0.2, 0.25) is 0 Å². The second-order valence-corrected chi connectivity index (χ2v) is 9.30. The molecule has 0 saturated heterocycles. The van der Waals surface area contributed by atoms with Crippen LogP contribution in [-0.2, 0) is 0 Å². The highest BCUT2D eigenvalue weighted by atomic mass is 32.3. The highest BCUT2D eigenvalue weighted by Crippen LogP contribution is 2.65. The zero-order valence-corrected chi connectivity index (χ0v) is 19.3. The maximum Gasteiger partial charge on any atom is 0.0213 e. The van der Waals surface area contributed by atoms with Gasteiger partial charge in [-0.05, 0) is 57.2 Å². The first-order valence-corrected chi connectivity index (χ1v) is 11.8. The first-order valence-electron chi connectivity index (χ1n) is 10.2. The van der Waals surface area contributed by atoms with Gasteiger partial charge >= 0.3 is 0 Å². The fraction of sp³-hybridized carbons (Fsp3) is 0.308. The number of aryl methyl sites for hydroxylation is 3. The van der Waals surface area contributed by atoms with Crippen molar-refractivity contribution in [3.8, 4) is 0 Å². The molecule has 0 amide bonds. The van der Waals surface area contributed by atoms with Gasteiger partial charge in [0.15, 0.2) is 0 Å². The van der Waals surface area contributed by atoms with Gasteiger partial charge in [-0.3, -0.25) is 0 Å². The summed E-state index contributed by atoms with van der Waals surface area (Å²) in [4.78, 5) is 2.91. The van der Waals surface area contributed by atoms with Crippen molar-refractivity contribution >= 4 is 10.3 Å². The van der Waals surface area contributed by atoms with Crippen LogP contribution in [0.15, 0.2) is 87.5 Å². The molecule has 0 aromatic heterocycles. The minimum absolute atomic E-state index is 0.968. The molecule has 1 nitrogen and oxygen atoms in total. The van der Waals surface area contributed by atoms with Crippen molar-refractivity contribution in [3.05, 3.63) is 89.5 Å². The predicted molar refractivity (Wildman–Crippen MR) is 126 cm³/mol. The Labute approximate surface area is 174 Å². The average molecular weight is 397 g/mol. The van der Waals surface area contributed by atoms with Crippen molar-refractivity contribution in [2.45, 2.75) is 69.6 Å². The molecule has 0 aliphatic heterocycles. The largest absolute Gasteiger partial charge is 0.338 e. The highest BCUT2D eigenvalue weighted by Gasteiger charge is 2.28. The van der Waals surface area contributed by atoms with Crippen molar-refractivity contribution in [1.82, 2.24) is 0 Å². The molecule has 152 valence electrons. The van der Waals surface area contributed by atoms with Crippen molar-refractivity contribution in [2.75, 3.05) is 0 Å². The fourth-order valence-corrected chi connectivity index (χ4v) is 5.02. The molecule has 0 unspecified atom stereocenters. The summed E-state index contributed by atoms with van der Waals surface area (Å²) in [6.07, 6.45) is 1.25. The van der Waals surface area contributed by atoms with Crippen molar-refractivity contribution in [2.24, 2.45) is 0 Å². The van der Waals surface area contributed by atoms with Gasteiger partial charge in [-0.2, -0.15) is 0 Å². The lowest BCUT2D eigenvalue weighted by Gasteiger charge is -2.35. The molecule has 0 atom stereocenters. The van der Waals surface area contributed by atoms with Gasteiger partial charge in [0.25, 0.3) is 0 Å². The first-order chi connectivity index (χ1) is 13.4. The fourth-order valence-electron chi connectivity index (χ4n) is 2.61. The van der Waals surface area contributed by atoms with Crippen LogP contribution in [0.4, 0.5) is 0 Å². The van der Waals surface area contributed by atoms with Crippen LogP contribution in [-0.4, -0.2) is 4.55 Å². The number of hydrogen-bond donors (Lipinski definition) is 1. The molecule has 0 spiro atoms. The van der Waals surface area contributed by atoms with Crippen molar-refractivity contribution in [1.29, 1.82) is 0 Å². The summed E-state index contributed by atoms with van der Waals surface area (Å²) >= 11 is 0. The summed E-state index contributed by atoms with van der Waals surface area (Å²) in [5.41, 5.74) is 3.59. The van der Waals surface area contributed by atoms with Crippen LogP contribution in [0.25, 0.3) is 0 Å². The lowest BCUT2D eigenvalue weighted by molar-refractivity contribution is 0.623. The summed E-state index contributed by atoms with van der Waals surface area (Å²) in [6, 6.07) is 24.7. The molecular formula is C26H36OS. The molecule has 3 rings (SSSR count). The molecule has 0 aliphatic rings. The summed E-state index contributed by atoms with van der Waals surface area (Å²) < 4.78 is 11.8. The van der Waals surface area contributed by atoms with E-state index in [4.69, 9.17) is 0 Å². The molecule has 28 heavy (non-hydrogen) atoms.